The predicted molar refractivity (Wildman–Crippen MR) is 239 cm³/mol. The average Bonchev–Trinajstić information content (AvgIpc) is 3.22. The van der Waals surface area contributed by atoms with Crippen LogP contribution in [0.3, 0.4) is 0 Å². The molecule has 1 nitrogen and oxygen atoms in total. The summed E-state index contributed by atoms with van der Waals surface area (Å²) in [4.78, 5) is 0. The lowest BCUT2D eigenvalue weighted by Gasteiger charge is -2.51. The van der Waals surface area contributed by atoms with Crippen molar-refractivity contribution >= 4 is 70.3 Å². The first-order chi connectivity index (χ1) is 27.1. The van der Waals surface area contributed by atoms with Gasteiger partial charge < -0.3 is 5.73 Å². The van der Waals surface area contributed by atoms with Crippen LogP contribution in [0.5, 0.6) is 0 Å². The number of hydrogen-bond acceptors (Lipinski definition) is 1. The van der Waals surface area contributed by atoms with E-state index in [9.17, 15) is 0 Å². The van der Waals surface area contributed by atoms with E-state index in [-0.39, 0.29) is 0 Å². The minimum Gasteiger partial charge on any atom is -0.398 e. The van der Waals surface area contributed by atoms with Gasteiger partial charge in [-0.05, 0) is 175 Å². The summed E-state index contributed by atoms with van der Waals surface area (Å²) in [7, 11) is 0. The largest absolute Gasteiger partial charge is 0.398 e. The van der Waals surface area contributed by atoms with Crippen molar-refractivity contribution in [2.45, 2.75) is 77.0 Å². The summed E-state index contributed by atoms with van der Waals surface area (Å²) < 4.78 is 0. The Morgan fingerprint density at radius 1 is 0.291 bits per heavy atom. The monoisotopic (exact) mass is 717 g/mol. The molecule has 8 aromatic rings. The van der Waals surface area contributed by atoms with Gasteiger partial charge in [-0.1, -0.05) is 136 Å². The Morgan fingerprint density at radius 2 is 0.582 bits per heavy atom. The van der Waals surface area contributed by atoms with Gasteiger partial charge in [0.15, 0.2) is 0 Å². The number of nitrogens with two attached hydrogens (primary N) is 1. The van der Waals surface area contributed by atoms with Crippen molar-refractivity contribution in [3.63, 3.8) is 0 Å². The van der Waals surface area contributed by atoms with Gasteiger partial charge in [0, 0.05) is 11.1 Å². The van der Waals surface area contributed by atoms with Gasteiger partial charge in [0.05, 0.1) is 0 Å². The molecule has 0 saturated heterocycles. The van der Waals surface area contributed by atoms with Crippen LogP contribution in [0, 0.1) is 35.5 Å². The van der Waals surface area contributed by atoms with E-state index in [1.165, 1.54) is 59.2 Å². The first-order valence-corrected chi connectivity index (χ1v) is 21.5. The molecule has 55 heavy (non-hydrogen) atoms. The molecule has 1 heteroatoms. The quantitative estimate of drug-likeness (QED) is 0.123. The second kappa shape index (κ2) is 15.0. The molecule has 8 aromatic carbocycles. The second-order valence-corrected chi connectivity index (χ2v) is 17.8. The van der Waals surface area contributed by atoms with Gasteiger partial charge in [-0.3, -0.25) is 0 Å². The van der Waals surface area contributed by atoms with Crippen molar-refractivity contribution in [1.29, 1.82) is 0 Å². The number of benzene rings is 8. The molecule has 4 fully saturated rings. The molecule has 4 atom stereocenters. The molecule has 2 N–H and O–H groups in total. The molecule has 0 spiro atoms. The highest BCUT2D eigenvalue weighted by Crippen LogP contribution is 2.54. The molecule has 0 heterocycles. The fraction of sp³-hybridized carbons (Fsp3) is 0.333. The fourth-order valence-electron chi connectivity index (χ4n) is 11.7. The molecular weight excluding hydrogens is 663 g/mol. The molecule has 4 unspecified atom stereocenters. The lowest BCUT2D eigenvalue weighted by molar-refractivity contribution is -0.00325. The van der Waals surface area contributed by atoms with Crippen LogP contribution in [-0.4, -0.2) is 0 Å². The highest BCUT2D eigenvalue weighted by Gasteiger charge is 2.44. The van der Waals surface area contributed by atoms with Crippen molar-refractivity contribution in [1.82, 2.24) is 0 Å². The lowest BCUT2D eigenvalue weighted by Crippen LogP contribution is -2.41. The van der Waals surface area contributed by atoms with Crippen LogP contribution in [0.1, 0.15) is 77.0 Å². The van der Waals surface area contributed by atoms with Crippen molar-refractivity contribution < 1.29 is 0 Å². The zero-order chi connectivity index (χ0) is 36.7. The standard InChI is InChI=1S/C18H13N.C18H30.C18H12/c19-18-7-3-6-14-10-15-8-12-4-1-2-5-13(12)9-16(15)11-17(14)18;2*1-2-6-14-10-18-12-16-8-4-3-7-15(16)11-17(18)9-13(14)5-1/h1-11H,19H2;13-18H,1-12H2;1-12H. The first kappa shape index (κ1) is 34.6. The summed E-state index contributed by atoms with van der Waals surface area (Å²) in [5, 5.41) is 15.2. The van der Waals surface area contributed by atoms with Crippen LogP contribution in [-0.2, 0) is 0 Å². The Kier molecular flexibility index (Phi) is 9.43. The Balaban J connectivity index is 0.000000102. The highest BCUT2D eigenvalue weighted by molar-refractivity contribution is 6.07. The summed E-state index contributed by atoms with van der Waals surface area (Å²) in [6, 6.07) is 49.5. The normalized spacial score (nSPS) is 24.7. The van der Waals surface area contributed by atoms with Crippen LogP contribution in [0.4, 0.5) is 5.69 Å². The second-order valence-electron chi connectivity index (χ2n) is 17.8. The maximum atomic E-state index is 6.06. The Hall–Kier alpha value is -4.88. The molecule has 4 aliphatic rings. The fourth-order valence-corrected chi connectivity index (χ4v) is 11.7. The first-order valence-electron chi connectivity index (χ1n) is 21.5. The Morgan fingerprint density at radius 3 is 0.927 bits per heavy atom. The maximum Gasteiger partial charge on any atom is 0.0393 e. The van der Waals surface area contributed by atoms with E-state index in [1.807, 2.05) is 12.1 Å². The van der Waals surface area contributed by atoms with Crippen LogP contribution >= 0.6 is 0 Å². The number of fused-ring (bicyclic) bond motifs is 9. The third-order valence-electron chi connectivity index (χ3n) is 14.5. The van der Waals surface area contributed by atoms with Gasteiger partial charge in [-0.25, -0.2) is 0 Å². The molecule has 4 saturated carbocycles. The van der Waals surface area contributed by atoms with Gasteiger partial charge in [-0.2, -0.15) is 0 Å². The Bertz CT molecular complexity index is 2430. The minimum atomic E-state index is 0.840. The third-order valence-corrected chi connectivity index (χ3v) is 14.5. The molecule has 0 amide bonds. The number of rotatable bonds is 0. The number of nitrogen functional groups attached to an aromatic ring is 1. The van der Waals surface area contributed by atoms with Gasteiger partial charge in [0.2, 0.25) is 0 Å². The average molecular weight is 718 g/mol. The maximum absolute atomic E-state index is 6.06. The summed E-state index contributed by atoms with van der Waals surface area (Å²) in [6.07, 6.45) is 19.1. The SMILES string of the molecule is C1CCC2CC3CC4CCCCC4CC3CC2C1.Nc1cccc2cc3cc4ccccc4cc3cc12.c1ccc2cc3cc4ccccc4cc3cc2c1. The molecule has 4 aliphatic carbocycles. The minimum absolute atomic E-state index is 0.840. The van der Waals surface area contributed by atoms with Gasteiger partial charge in [0.25, 0.3) is 0 Å². The summed E-state index contributed by atoms with van der Waals surface area (Å²) in [6.45, 7) is 0. The van der Waals surface area contributed by atoms with Crippen molar-refractivity contribution in [3.8, 4) is 0 Å². The van der Waals surface area contributed by atoms with Crippen LogP contribution in [0.25, 0.3) is 64.6 Å². The number of anilines is 1. The molecule has 0 aliphatic heterocycles. The van der Waals surface area contributed by atoms with Gasteiger partial charge in [-0.15, -0.1) is 0 Å². The predicted octanol–water partition coefficient (Wildman–Crippen LogP) is 15.3. The summed E-state index contributed by atoms with van der Waals surface area (Å²) >= 11 is 0. The zero-order valence-corrected chi connectivity index (χ0v) is 32.3. The van der Waals surface area contributed by atoms with Gasteiger partial charge >= 0.3 is 0 Å². The smallest absolute Gasteiger partial charge is 0.0393 e. The van der Waals surface area contributed by atoms with E-state index in [2.05, 4.69) is 127 Å². The van der Waals surface area contributed by atoms with Crippen molar-refractivity contribution in [3.05, 3.63) is 140 Å². The summed E-state index contributed by atoms with van der Waals surface area (Å²) in [5.41, 5.74) is 6.90. The van der Waals surface area contributed by atoms with Crippen LogP contribution < -0.4 is 5.73 Å². The van der Waals surface area contributed by atoms with E-state index in [1.54, 1.807) is 77.0 Å². The van der Waals surface area contributed by atoms with Crippen LogP contribution in [0.15, 0.2) is 140 Å². The zero-order valence-electron chi connectivity index (χ0n) is 32.3. The van der Waals surface area contributed by atoms with Gasteiger partial charge in [0.1, 0.15) is 0 Å². The molecule has 276 valence electrons. The third kappa shape index (κ3) is 7.08. The summed E-state index contributed by atoms with van der Waals surface area (Å²) in [5.74, 6) is 6.92. The molecule has 0 radical (unpaired) electrons. The topological polar surface area (TPSA) is 26.0 Å². The van der Waals surface area contributed by atoms with Crippen LogP contribution in [0.2, 0.25) is 0 Å². The van der Waals surface area contributed by atoms with E-state index < -0.39 is 0 Å². The van der Waals surface area contributed by atoms with E-state index in [0.29, 0.717) is 0 Å². The van der Waals surface area contributed by atoms with Crippen molar-refractivity contribution in [2.24, 2.45) is 35.5 Å². The molecular formula is C54H55N. The van der Waals surface area contributed by atoms with E-state index >= 15 is 0 Å². The molecule has 0 bridgehead atoms. The lowest BCUT2D eigenvalue weighted by atomic mass is 9.55. The van der Waals surface area contributed by atoms with E-state index in [0.717, 1.165) is 46.6 Å². The molecule has 12 rings (SSSR count). The Labute approximate surface area is 326 Å². The van der Waals surface area contributed by atoms with E-state index in [4.69, 9.17) is 5.73 Å². The highest BCUT2D eigenvalue weighted by atomic mass is 14.5. The molecule has 0 aromatic heterocycles. The number of hydrogen-bond donors (Lipinski definition) is 1. The van der Waals surface area contributed by atoms with Crippen molar-refractivity contribution in [2.75, 3.05) is 5.73 Å².